The number of halogens is 4. The number of aromatic nitrogens is 4. The fourth-order valence-corrected chi connectivity index (χ4v) is 3.75. The highest BCUT2D eigenvalue weighted by Gasteiger charge is 2.31. The van der Waals surface area contributed by atoms with Gasteiger partial charge in [0.1, 0.15) is 5.82 Å². The Bertz CT molecular complexity index is 1030. The largest absolute Gasteiger partial charge is 0.416 e. The first kappa shape index (κ1) is 19.5. The molecule has 0 fully saturated rings. The summed E-state index contributed by atoms with van der Waals surface area (Å²) in [6.45, 7) is 0. The van der Waals surface area contributed by atoms with Crippen molar-refractivity contribution < 1.29 is 17.6 Å². The predicted octanol–water partition coefficient (Wildman–Crippen LogP) is 4.01. The number of benzene rings is 1. The van der Waals surface area contributed by atoms with Gasteiger partial charge < -0.3 is 5.32 Å². The van der Waals surface area contributed by atoms with Gasteiger partial charge in [-0.1, -0.05) is 5.21 Å². The van der Waals surface area contributed by atoms with Gasteiger partial charge in [0.15, 0.2) is 5.82 Å². The van der Waals surface area contributed by atoms with Gasteiger partial charge in [0.25, 0.3) is 0 Å². The van der Waals surface area contributed by atoms with Crippen molar-refractivity contribution in [1.82, 2.24) is 25.3 Å². The zero-order valence-corrected chi connectivity index (χ0v) is 15.7. The van der Waals surface area contributed by atoms with Crippen molar-refractivity contribution in [2.75, 3.05) is 7.05 Å². The van der Waals surface area contributed by atoms with Crippen LogP contribution in [-0.4, -0.2) is 27.0 Å². The van der Waals surface area contributed by atoms with Crippen molar-refractivity contribution in [3.05, 3.63) is 70.4 Å². The van der Waals surface area contributed by atoms with Crippen LogP contribution in [0.1, 0.15) is 47.0 Å². The lowest BCUT2D eigenvalue weighted by molar-refractivity contribution is -0.137. The number of hydrogen-bond donors (Lipinski definition) is 1. The summed E-state index contributed by atoms with van der Waals surface area (Å²) in [6, 6.07) is 6.13. The van der Waals surface area contributed by atoms with E-state index >= 15 is 0 Å². The van der Waals surface area contributed by atoms with Crippen molar-refractivity contribution >= 4 is 0 Å². The molecule has 1 atom stereocenters. The van der Waals surface area contributed by atoms with Gasteiger partial charge in [0.05, 0.1) is 23.0 Å². The first-order valence-electron chi connectivity index (χ1n) is 9.29. The lowest BCUT2D eigenvalue weighted by Crippen LogP contribution is -2.24. The van der Waals surface area contributed by atoms with E-state index in [0.717, 1.165) is 42.8 Å². The van der Waals surface area contributed by atoms with Gasteiger partial charge in [0.2, 0.25) is 0 Å². The molecular weight excluding hydrogens is 386 g/mol. The molecule has 0 saturated heterocycles. The second kappa shape index (κ2) is 7.55. The number of aryl methyl sites for hydroxylation is 1. The number of fused-ring (bicyclic) bond motifs is 1. The Labute approximate surface area is 164 Å². The SMILES string of the molecule is CNC1CCCc2nnn(-c3cc(Cc4cc(F)cc(C(F)(F)F)c4)ccn3)c21. The zero-order chi connectivity index (χ0) is 20.6. The maximum absolute atomic E-state index is 13.7. The Hall–Kier alpha value is -2.81. The molecule has 1 aromatic carbocycles. The summed E-state index contributed by atoms with van der Waals surface area (Å²) in [7, 11) is 1.88. The molecule has 3 aromatic rings. The molecule has 5 nitrogen and oxygen atoms in total. The lowest BCUT2D eigenvalue weighted by atomic mass is 9.96. The van der Waals surface area contributed by atoms with Gasteiger partial charge in [0, 0.05) is 6.20 Å². The summed E-state index contributed by atoms with van der Waals surface area (Å²) in [4.78, 5) is 4.35. The number of nitrogens with one attached hydrogen (secondary N) is 1. The van der Waals surface area contributed by atoms with Gasteiger partial charge in [-0.25, -0.2) is 9.37 Å². The summed E-state index contributed by atoms with van der Waals surface area (Å²) >= 11 is 0. The first-order valence-corrected chi connectivity index (χ1v) is 9.29. The molecule has 9 heteroatoms. The van der Waals surface area contributed by atoms with Crippen LogP contribution >= 0.6 is 0 Å². The number of hydrogen-bond acceptors (Lipinski definition) is 4. The molecule has 0 saturated carbocycles. The van der Waals surface area contributed by atoms with Crippen molar-refractivity contribution in [2.24, 2.45) is 0 Å². The van der Waals surface area contributed by atoms with Gasteiger partial charge in [-0.2, -0.15) is 17.9 Å². The van der Waals surface area contributed by atoms with Gasteiger partial charge >= 0.3 is 6.18 Å². The minimum absolute atomic E-state index is 0.108. The quantitative estimate of drug-likeness (QED) is 0.667. The van der Waals surface area contributed by atoms with E-state index < -0.39 is 17.6 Å². The van der Waals surface area contributed by atoms with Crippen LogP contribution in [0.25, 0.3) is 5.82 Å². The van der Waals surface area contributed by atoms with E-state index in [4.69, 9.17) is 0 Å². The summed E-state index contributed by atoms with van der Waals surface area (Å²) < 4.78 is 54.3. The van der Waals surface area contributed by atoms with E-state index in [9.17, 15) is 17.6 Å². The molecule has 2 aromatic heterocycles. The van der Waals surface area contributed by atoms with Crippen molar-refractivity contribution in [1.29, 1.82) is 0 Å². The second-order valence-corrected chi connectivity index (χ2v) is 7.11. The molecule has 2 heterocycles. The average Bonchev–Trinajstić information content (AvgIpc) is 3.11. The number of nitrogens with zero attached hydrogens (tertiary/aromatic N) is 4. The van der Waals surface area contributed by atoms with Crippen LogP contribution in [0.3, 0.4) is 0 Å². The zero-order valence-electron chi connectivity index (χ0n) is 15.7. The molecule has 0 aliphatic heterocycles. The maximum atomic E-state index is 13.7. The second-order valence-electron chi connectivity index (χ2n) is 7.11. The Balaban J connectivity index is 1.66. The molecule has 1 aliphatic rings. The van der Waals surface area contributed by atoms with E-state index in [0.29, 0.717) is 17.4 Å². The highest BCUT2D eigenvalue weighted by Crippen LogP contribution is 2.32. The number of pyridine rings is 1. The van der Waals surface area contributed by atoms with Crippen LogP contribution in [0.15, 0.2) is 36.5 Å². The van der Waals surface area contributed by atoms with Crippen LogP contribution in [0, 0.1) is 5.82 Å². The highest BCUT2D eigenvalue weighted by atomic mass is 19.4. The molecule has 29 heavy (non-hydrogen) atoms. The van der Waals surface area contributed by atoms with Crippen molar-refractivity contribution in [3.63, 3.8) is 0 Å². The topological polar surface area (TPSA) is 55.6 Å². The third-order valence-electron chi connectivity index (χ3n) is 5.08. The normalized spacial score (nSPS) is 16.7. The smallest absolute Gasteiger partial charge is 0.312 e. The van der Waals surface area contributed by atoms with E-state index in [1.54, 1.807) is 23.0 Å². The third kappa shape index (κ3) is 4.00. The fourth-order valence-electron chi connectivity index (χ4n) is 3.75. The molecule has 0 bridgehead atoms. The number of rotatable bonds is 4. The Morgan fingerprint density at radius 3 is 2.76 bits per heavy atom. The fraction of sp³-hybridized carbons (Fsp3) is 0.350. The Morgan fingerprint density at radius 1 is 1.17 bits per heavy atom. The molecular formula is C20H19F4N5. The molecule has 1 unspecified atom stereocenters. The molecule has 1 aliphatic carbocycles. The summed E-state index contributed by atoms with van der Waals surface area (Å²) in [6.07, 6.45) is -0.0621. The summed E-state index contributed by atoms with van der Waals surface area (Å²) in [5.41, 5.74) is 1.82. The Morgan fingerprint density at radius 2 is 2.00 bits per heavy atom. The minimum Gasteiger partial charge on any atom is -0.312 e. The lowest BCUT2D eigenvalue weighted by Gasteiger charge is -2.22. The Kier molecular flexibility index (Phi) is 5.08. The van der Waals surface area contributed by atoms with E-state index in [1.807, 2.05) is 7.05 Å². The summed E-state index contributed by atoms with van der Waals surface area (Å²) in [5, 5.41) is 11.7. The van der Waals surface area contributed by atoms with E-state index in [-0.39, 0.29) is 18.0 Å². The standard InChI is InChI=1S/C20H19F4N5/c1-25-16-3-2-4-17-19(16)29(28-27-17)18-10-12(5-6-26-18)7-13-8-14(20(22,23)24)11-15(21)9-13/h5-6,8-11,16,25H,2-4,7H2,1H3. The molecule has 0 radical (unpaired) electrons. The average molecular weight is 405 g/mol. The van der Waals surface area contributed by atoms with Gasteiger partial charge in [-0.05, 0) is 74.2 Å². The van der Waals surface area contributed by atoms with Crippen LogP contribution in [0.4, 0.5) is 17.6 Å². The molecule has 152 valence electrons. The molecule has 0 amide bonds. The predicted molar refractivity (Wildman–Crippen MR) is 98.1 cm³/mol. The van der Waals surface area contributed by atoms with Crippen LogP contribution in [-0.2, 0) is 19.0 Å². The minimum atomic E-state index is -4.60. The van der Waals surface area contributed by atoms with Gasteiger partial charge in [-0.3, -0.25) is 0 Å². The first-order chi connectivity index (χ1) is 13.8. The van der Waals surface area contributed by atoms with E-state index in [2.05, 4.69) is 20.6 Å². The third-order valence-corrected chi connectivity index (χ3v) is 5.08. The van der Waals surface area contributed by atoms with Crippen LogP contribution in [0.2, 0.25) is 0 Å². The number of alkyl halides is 3. The maximum Gasteiger partial charge on any atom is 0.416 e. The van der Waals surface area contributed by atoms with E-state index in [1.165, 1.54) is 0 Å². The monoisotopic (exact) mass is 405 g/mol. The van der Waals surface area contributed by atoms with Crippen molar-refractivity contribution in [3.8, 4) is 5.82 Å². The molecule has 0 spiro atoms. The highest BCUT2D eigenvalue weighted by molar-refractivity contribution is 5.36. The molecule has 4 rings (SSSR count). The van der Waals surface area contributed by atoms with Crippen molar-refractivity contribution in [2.45, 2.75) is 37.9 Å². The van der Waals surface area contributed by atoms with Crippen LogP contribution < -0.4 is 5.32 Å². The molecule has 1 N–H and O–H groups in total. The van der Waals surface area contributed by atoms with Crippen LogP contribution in [0.5, 0.6) is 0 Å². The van der Waals surface area contributed by atoms with Gasteiger partial charge in [-0.15, -0.1) is 5.10 Å². The summed E-state index contributed by atoms with van der Waals surface area (Å²) in [5.74, 6) is -0.378.